The van der Waals surface area contributed by atoms with E-state index in [1.54, 1.807) is 6.08 Å². The molecule has 0 aromatic rings. The Morgan fingerprint density at radius 2 is 0.855 bits per heavy atom. The fraction of sp³-hybridized carbons (Fsp3) is 0.651. The van der Waals surface area contributed by atoms with Crippen molar-refractivity contribution in [2.75, 3.05) is 6.61 Å². The summed E-state index contributed by atoms with van der Waals surface area (Å²) in [6, 6.07) is -0.757. The molecule has 0 aliphatic heterocycles. The Balaban J connectivity index is 4.81. The van der Waals surface area contributed by atoms with Crippen molar-refractivity contribution in [3.63, 3.8) is 0 Å². The van der Waals surface area contributed by atoms with Gasteiger partial charge in [-0.1, -0.05) is 265 Å². The summed E-state index contributed by atoms with van der Waals surface area (Å²) < 4.78 is 5.83. The number of rotatable bonds is 49. The number of nitrogens with one attached hydrogen (secondary N) is 1. The number of esters is 1. The number of amides is 1. The maximum absolute atomic E-state index is 13.2. The molecule has 0 aromatic heterocycles. The van der Waals surface area contributed by atoms with Gasteiger partial charge in [-0.15, -0.1) is 0 Å². The van der Waals surface area contributed by atoms with Crippen molar-refractivity contribution in [1.82, 2.24) is 5.32 Å². The van der Waals surface area contributed by atoms with Crippen LogP contribution in [0.4, 0.5) is 0 Å². The number of carbonyl (C=O) groups is 2. The van der Waals surface area contributed by atoms with E-state index in [-0.39, 0.29) is 24.9 Å². The normalized spacial score (nSPS) is 14.1. The molecule has 0 spiro atoms. The molecule has 3 unspecified atom stereocenters. The molecule has 392 valence electrons. The summed E-state index contributed by atoms with van der Waals surface area (Å²) in [6.07, 6.45) is 77.1. The first kappa shape index (κ1) is 65.3. The molecular weight excluding hydrogens is 851 g/mol. The van der Waals surface area contributed by atoms with Crippen molar-refractivity contribution in [1.29, 1.82) is 0 Å². The largest absolute Gasteiger partial charge is 0.458 e. The minimum absolute atomic E-state index is 0.0642. The third-order valence-electron chi connectivity index (χ3n) is 12.1. The van der Waals surface area contributed by atoms with E-state index in [1.165, 1.54) is 96.3 Å². The summed E-state index contributed by atoms with van der Waals surface area (Å²) in [7, 11) is 0. The van der Waals surface area contributed by atoms with Crippen molar-refractivity contribution in [3.8, 4) is 0 Å². The third kappa shape index (κ3) is 50.5. The molecule has 0 fully saturated rings. The van der Waals surface area contributed by atoms with E-state index >= 15 is 0 Å². The van der Waals surface area contributed by atoms with Crippen molar-refractivity contribution in [2.45, 2.75) is 257 Å². The van der Waals surface area contributed by atoms with Gasteiger partial charge in [0.15, 0.2) is 0 Å². The Bertz CT molecular complexity index is 1440. The van der Waals surface area contributed by atoms with Crippen LogP contribution in [0.2, 0.25) is 0 Å². The van der Waals surface area contributed by atoms with Gasteiger partial charge >= 0.3 is 5.97 Å². The van der Waals surface area contributed by atoms with Gasteiger partial charge in [0, 0.05) is 6.42 Å². The Kier molecular flexibility index (Phi) is 52.2. The fourth-order valence-electron chi connectivity index (χ4n) is 7.85. The van der Waals surface area contributed by atoms with Crippen LogP contribution in [0.3, 0.4) is 0 Å². The van der Waals surface area contributed by atoms with Crippen LogP contribution < -0.4 is 5.32 Å². The van der Waals surface area contributed by atoms with Crippen LogP contribution in [0.25, 0.3) is 0 Å². The molecule has 0 rings (SSSR count). The van der Waals surface area contributed by atoms with E-state index in [9.17, 15) is 19.8 Å². The number of aliphatic hydroxyl groups is 2. The van der Waals surface area contributed by atoms with Crippen LogP contribution in [-0.4, -0.2) is 46.9 Å². The number of ether oxygens (including phenoxy) is 1. The van der Waals surface area contributed by atoms with Crippen LogP contribution in [0, 0.1) is 0 Å². The maximum atomic E-state index is 13.2. The Labute approximate surface area is 425 Å². The average Bonchev–Trinajstić information content (AvgIpc) is 3.34. The molecule has 0 saturated carbocycles. The van der Waals surface area contributed by atoms with E-state index in [0.717, 1.165) is 96.3 Å². The molecular formula is C63H105NO5. The molecule has 0 radical (unpaired) electrons. The zero-order valence-electron chi connectivity index (χ0n) is 44.6. The third-order valence-corrected chi connectivity index (χ3v) is 12.1. The highest BCUT2D eigenvalue weighted by Gasteiger charge is 2.23. The number of hydrogen-bond donors (Lipinski definition) is 3. The molecule has 0 aliphatic carbocycles. The van der Waals surface area contributed by atoms with Crippen LogP contribution in [-0.2, 0) is 14.3 Å². The van der Waals surface area contributed by atoms with Gasteiger partial charge in [0.1, 0.15) is 6.10 Å². The topological polar surface area (TPSA) is 95.9 Å². The van der Waals surface area contributed by atoms with Crippen LogP contribution in [0.5, 0.6) is 0 Å². The van der Waals surface area contributed by atoms with Crippen LogP contribution in [0.15, 0.2) is 122 Å². The molecule has 0 aromatic carbocycles. The van der Waals surface area contributed by atoms with Gasteiger partial charge in [0.25, 0.3) is 0 Å². The quantitative estimate of drug-likeness (QED) is 0.0244. The van der Waals surface area contributed by atoms with Crippen molar-refractivity contribution < 1.29 is 24.5 Å². The summed E-state index contributed by atoms with van der Waals surface area (Å²) in [5.41, 5.74) is 0. The molecule has 3 N–H and O–H groups in total. The van der Waals surface area contributed by atoms with E-state index in [1.807, 2.05) is 6.08 Å². The van der Waals surface area contributed by atoms with Gasteiger partial charge in [0.2, 0.25) is 5.91 Å². The summed E-state index contributed by atoms with van der Waals surface area (Å²) in [6.45, 7) is 6.30. The Hall–Kier alpha value is -3.74. The highest BCUT2D eigenvalue weighted by atomic mass is 16.5. The van der Waals surface area contributed by atoms with Crippen LogP contribution >= 0.6 is 0 Å². The molecule has 6 heteroatoms. The second kappa shape index (κ2) is 55.2. The molecule has 0 aliphatic rings. The second-order valence-electron chi connectivity index (χ2n) is 18.7. The Morgan fingerprint density at radius 1 is 0.464 bits per heavy atom. The molecule has 0 heterocycles. The fourth-order valence-corrected chi connectivity index (χ4v) is 7.85. The second-order valence-corrected chi connectivity index (χ2v) is 18.7. The Morgan fingerprint density at radius 3 is 1.33 bits per heavy atom. The molecule has 3 atom stereocenters. The first-order chi connectivity index (χ1) is 34.0. The standard InChI is InChI=1S/C63H105NO5/c1-4-7-10-13-16-19-22-25-28-30-32-35-38-41-44-47-50-53-56-63(68)69-59(54-51-48-45-42-39-36-34-31-29-26-23-20-17-14-11-8-5-2)57-62(67)64-60(58-65)61(66)55-52-49-46-43-40-37-33-27-24-21-18-15-12-9-6-3/h8,11,16-17,19-20,22,25-26,28-30,32,34-36,42,45,51,54,59-61,65-66H,4-7,9-10,12-15,18,21,23-24,27,31,33,37-41,43-44,46-50,52-53,55-58H2,1-3H3,(H,64,67)/b11-8-,19-16+,20-17-,25-22+,29-26-,30-28+,35-32+,36-34-,45-42-,54-51-. The lowest BCUT2D eigenvalue weighted by atomic mass is 10.0. The molecule has 0 bridgehead atoms. The van der Waals surface area contributed by atoms with E-state index in [4.69, 9.17) is 4.74 Å². The first-order valence-corrected chi connectivity index (χ1v) is 28.3. The SMILES string of the molecule is CC/C=C\C/C=C\C/C=C\C/C=C\C/C=C\C/C=C\C(CC(=O)NC(CO)C(O)CCCCCCCCCCCCCCCCC)OC(=O)CCCCCCC/C=C/C=C/C=C/C=C/CCCCC. The first-order valence-electron chi connectivity index (χ1n) is 28.3. The van der Waals surface area contributed by atoms with Gasteiger partial charge in [-0.05, 0) is 83.1 Å². The highest BCUT2D eigenvalue weighted by Crippen LogP contribution is 2.16. The monoisotopic (exact) mass is 956 g/mol. The summed E-state index contributed by atoms with van der Waals surface area (Å²) >= 11 is 0. The van der Waals surface area contributed by atoms with Crippen molar-refractivity contribution in [3.05, 3.63) is 122 Å². The predicted molar refractivity (Wildman–Crippen MR) is 300 cm³/mol. The number of aliphatic hydroxyl groups excluding tert-OH is 2. The lowest BCUT2D eigenvalue weighted by Gasteiger charge is -2.23. The van der Waals surface area contributed by atoms with E-state index in [0.29, 0.717) is 19.3 Å². The maximum Gasteiger partial charge on any atom is 0.306 e. The number of carbonyl (C=O) groups excluding carboxylic acids is 2. The smallest absolute Gasteiger partial charge is 0.306 e. The zero-order valence-corrected chi connectivity index (χ0v) is 44.6. The lowest BCUT2D eigenvalue weighted by molar-refractivity contribution is -0.148. The van der Waals surface area contributed by atoms with Gasteiger partial charge < -0.3 is 20.3 Å². The number of unbranched alkanes of at least 4 members (excludes halogenated alkanes) is 22. The van der Waals surface area contributed by atoms with Gasteiger partial charge in [-0.3, -0.25) is 9.59 Å². The summed E-state index contributed by atoms with van der Waals surface area (Å²) in [4.78, 5) is 26.2. The van der Waals surface area contributed by atoms with Crippen LogP contribution in [0.1, 0.15) is 239 Å². The lowest BCUT2D eigenvalue weighted by Crippen LogP contribution is -2.46. The van der Waals surface area contributed by atoms with Gasteiger partial charge in [0.05, 0.1) is 25.2 Å². The number of allylic oxidation sites excluding steroid dienone is 19. The van der Waals surface area contributed by atoms with E-state index in [2.05, 4.69) is 135 Å². The number of hydrogen-bond acceptors (Lipinski definition) is 5. The average molecular weight is 957 g/mol. The minimum atomic E-state index is -0.833. The summed E-state index contributed by atoms with van der Waals surface area (Å²) in [5.74, 6) is -0.664. The summed E-state index contributed by atoms with van der Waals surface area (Å²) in [5, 5.41) is 23.8. The molecule has 1 amide bonds. The predicted octanol–water partition coefficient (Wildman–Crippen LogP) is 17.6. The van der Waals surface area contributed by atoms with Crippen molar-refractivity contribution in [2.24, 2.45) is 0 Å². The minimum Gasteiger partial charge on any atom is -0.458 e. The van der Waals surface area contributed by atoms with E-state index < -0.39 is 18.2 Å². The van der Waals surface area contributed by atoms with Crippen molar-refractivity contribution >= 4 is 11.9 Å². The molecule has 6 nitrogen and oxygen atoms in total. The molecule has 69 heavy (non-hydrogen) atoms. The highest BCUT2D eigenvalue weighted by molar-refractivity contribution is 5.78. The molecule has 0 saturated heterocycles. The zero-order chi connectivity index (χ0) is 50.2. The van der Waals surface area contributed by atoms with Gasteiger partial charge in [-0.25, -0.2) is 0 Å². The van der Waals surface area contributed by atoms with Gasteiger partial charge in [-0.2, -0.15) is 0 Å².